The monoisotopic (exact) mass is 514 g/mol. The summed E-state index contributed by atoms with van der Waals surface area (Å²) in [6, 6.07) is 11.6. The Hall–Kier alpha value is -2.79. The maximum atomic E-state index is 13.1. The Labute approximate surface area is 186 Å². The summed E-state index contributed by atoms with van der Waals surface area (Å²) in [5.74, 6) is 0.879. The second-order valence-electron chi connectivity index (χ2n) is 6.18. The van der Waals surface area contributed by atoms with Crippen molar-refractivity contribution in [1.29, 1.82) is 0 Å². The lowest BCUT2D eigenvalue weighted by Gasteiger charge is -2.15. The minimum Gasteiger partial charge on any atom is -0.455 e. The number of carbonyl (C=O) groups excluding carboxylic acids is 1. The van der Waals surface area contributed by atoms with Gasteiger partial charge < -0.3 is 9.53 Å². The van der Waals surface area contributed by atoms with Gasteiger partial charge in [0.25, 0.3) is 5.56 Å². The molecule has 0 atom stereocenters. The molecule has 3 aromatic rings. The van der Waals surface area contributed by atoms with Crippen molar-refractivity contribution in [3.63, 3.8) is 0 Å². The van der Waals surface area contributed by atoms with Crippen LogP contribution in [0.15, 0.2) is 67.5 Å². The summed E-state index contributed by atoms with van der Waals surface area (Å²) >= 11 is 4.58. The number of nitrogens with zero attached hydrogens (tertiary/aromatic N) is 2. The third-order valence-corrected chi connectivity index (χ3v) is 5.77. The summed E-state index contributed by atoms with van der Waals surface area (Å²) in [5.41, 5.74) is -3.57. The molecule has 0 saturated carbocycles. The van der Waals surface area contributed by atoms with Gasteiger partial charge in [-0.1, -0.05) is 12.1 Å². The first-order valence-corrected chi connectivity index (χ1v) is 10.4. The molecule has 31 heavy (non-hydrogen) atoms. The standard InChI is InChI=1S/C20H14BrF3N2O4S/c1-25-17(20(22,23)24)11-18(28)26(19(25)29)12-6-7-13(21)15(10-12)30-14-4-2-3-5-16(14)31-9-8-27/h2-8,10-11H,9H2,1H3. The number of ether oxygens (including phenoxy) is 1. The zero-order valence-corrected chi connectivity index (χ0v) is 18.3. The first-order chi connectivity index (χ1) is 14.6. The molecule has 162 valence electrons. The maximum Gasteiger partial charge on any atom is 0.431 e. The fourth-order valence-electron chi connectivity index (χ4n) is 2.74. The van der Waals surface area contributed by atoms with Crippen LogP contribution in [0.3, 0.4) is 0 Å². The largest absolute Gasteiger partial charge is 0.455 e. The highest BCUT2D eigenvalue weighted by molar-refractivity contribution is 9.10. The van der Waals surface area contributed by atoms with E-state index < -0.39 is 23.1 Å². The van der Waals surface area contributed by atoms with E-state index in [-0.39, 0.29) is 17.2 Å². The van der Waals surface area contributed by atoms with Gasteiger partial charge in [0.1, 0.15) is 23.5 Å². The van der Waals surface area contributed by atoms with E-state index >= 15 is 0 Å². The highest BCUT2D eigenvalue weighted by atomic mass is 79.9. The molecule has 0 bridgehead atoms. The van der Waals surface area contributed by atoms with Crippen molar-refractivity contribution < 1.29 is 22.7 Å². The van der Waals surface area contributed by atoms with E-state index in [1.165, 1.54) is 30.0 Å². The number of thioether (sulfide) groups is 1. The average Bonchev–Trinajstić information content (AvgIpc) is 2.71. The molecular weight excluding hydrogens is 501 g/mol. The molecule has 0 aliphatic rings. The number of halogens is 4. The van der Waals surface area contributed by atoms with E-state index in [1.807, 2.05) is 0 Å². The molecule has 0 saturated heterocycles. The lowest BCUT2D eigenvalue weighted by Crippen LogP contribution is -2.40. The van der Waals surface area contributed by atoms with Gasteiger partial charge >= 0.3 is 11.9 Å². The van der Waals surface area contributed by atoms with Gasteiger partial charge in [-0.25, -0.2) is 9.36 Å². The predicted octanol–water partition coefficient (Wildman–Crippen LogP) is 4.40. The number of hydrogen-bond acceptors (Lipinski definition) is 5. The van der Waals surface area contributed by atoms with Crippen LogP contribution < -0.4 is 16.0 Å². The van der Waals surface area contributed by atoms with Crippen LogP contribution in [0.1, 0.15) is 5.69 Å². The molecule has 0 amide bonds. The Morgan fingerprint density at radius 3 is 2.48 bits per heavy atom. The van der Waals surface area contributed by atoms with Crippen molar-refractivity contribution in [1.82, 2.24) is 9.13 Å². The fraction of sp³-hybridized carbons (Fsp3) is 0.150. The van der Waals surface area contributed by atoms with Crippen molar-refractivity contribution >= 4 is 34.0 Å². The number of aldehydes is 1. The minimum atomic E-state index is -4.84. The summed E-state index contributed by atoms with van der Waals surface area (Å²) < 4.78 is 46.6. The summed E-state index contributed by atoms with van der Waals surface area (Å²) in [4.78, 5) is 36.2. The third-order valence-electron chi connectivity index (χ3n) is 4.16. The second kappa shape index (κ2) is 9.15. The molecule has 6 nitrogen and oxygen atoms in total. The lowest BCUT2D eigenvalue weighted by molar-refractivity contribution is -0.144. The zero-order chi connectivity index (χ0) is 22.8. The number of rotatable bonds is 6. The molecule has 1 heterocycles. The summed E-state index contributed by atoms with van der Waals surface area (Å²) in [5, 5.41) is 0. The summed E-state index contributed by atoms with van der Waals surface area (Å²) in [7, 11) is 0.942. The van der Waals surface area contributed by atoms with Crippen LogP contribution in [0, 0.1) is 0 Å². The molecule has 11 heteroatoms. The van der Waals surface area contributed by atoms with E-state index in [2.05, 4.69) is 15.9 Å². The topological polar surface area (TPSA) is 70.3 Å². The van der Waals surface area contributed by atoms with Gasteiger partial charge in [0.15, 0.2) is 0 Å². The van der Waals surface area contributed by atoms with Gasteiger partial charge in [0.2, 0.25) is 0 Å². The van der Waals surface area contributed by atoms with Gasteiger partial charge in [-0.3, -0.25) is 9.36 Å². The number of aromatic nitrogens is 2. The number of para-hydroxylation sites is 1. The van der Waals surface area contributed by atoms with Gasteiger partial charge in [-0.15, -0.1) is 11.8 Å². The van der Waals surface area contributed by atoms with Crippen molar-refractivity contribution in [3.05, 3.63) is 79.5 Å². The molecule has 0 radical (unpaired) electrons. The van der Waals surface area contributed by atoms with Crippen LogP contribution in [0.25, 0.3) is 5.69 Å². The van der Waals surface area contributed by atoms with Gasteiger partial charge in [0, 0.05) is 19.2 Å². The van der Waals surface area contributed by atoms with Crippen molar-refractivity contribution in [2.45, 2.75) is 11.1 Å². The Balaban J connectivity index is 2.08. The highest BCUT2D eigenvalue weighted by Crippen LogP contribution is 2.36. The van der Waals surface area contributed by atoms with Crippen LogP contribution >= 0.6 is 27.7 Å². The molecular formula is C20H14BrF3N2O4S. The second-order valence-corrected chi connectivity index (χ2v) is 8.10. The summed E-state index contributed by atoms with van der Waals surface area (Å²) in [6.07, 6.45) is -4.09. The molecule has 1 aromatic heterocycles. The molecule has 0 fully saturated rings. The van der Waals surface area contributed by atoms with Crippen molar-refractivity contribution in [2.24, 2.45) is 7.05 Å². The van der Waals surface area contributed by atoms with Crippen LogP contribution in [0.2, 0.25) is 0 Å². The molecule has 3 rings (SSSR count). The highest BCUT2D eigenvalue weighted by Gasteiger charge is 2.35. The quantitative estimate of drug-likeness (QED) is 0.360. The van der Waals surface area contributed by atoms with E-state index in [0.717, 1.165) is 13.3 Å². The third kappa shape index (κ3) is 4.93. The normalized spacial score (nSPS) is 11.4. The fourth-order valence-corrected chi connectivity index (χ4v) is 3.74. The molecule has 0 aliphatic carbocycles. The van der Waals surface area contributed by atoms with E-state index in [4.69, 9.17) is 4.74 Å². The van der Waals surface area contributed by atoms with Gasteiger partial charge in [0.05, 0.1) is 20.8 Å². The first-order valence-electron chi connectivity index (χ1n) is 8.67. The molecule has 0 aliphatic heterocycles. The number of carbonyl (C=O) groups is 1. The Morgan fingerprint density at radius 1 is 1.10 bits per heavy atom. The average molecular weight is 515 g/mol. The minimum absolute atomic E-state index is 0.0375. The zero-order valence-electron chi connectivity index (χ0n) is 15.9. The smallest absolute Gasteiger partial charge is 0.431 e. The van der Waals surface area contributed by atoms with Gasteiger partial charge in [-0.2, -0.15) is 13.2 Å². The van der Waals surface area contributed by atoms with Crippen LogP contribution in [-0.2, 0) is 18.0 Å². The Morgan fingerprint density at radius 2 is 1.81 bits per heavy atom. The Bertz CT molecular complexity index is 1250. The summed E-state index contributed by atoms with van der Waals surface area (Å²) in [6.45, 7) is 0. The van der Waals surface area contributed by atoms with Crippen LogP contribution in [0.5, 0.6) is 11.5 Å². The SMILES string of the molecule is Cn1c(C(F)(F)F)cc(=O)n(-c2ccc(Br)c(Oc3ccccc3SCC=O)c2)c1=O. The molecule has 0 unspecified atom stereocenters. The van der Waals surface area contributed by atoms with E-state index in [1.54, 1.807) is 24.3 Å². The number of benzene rings is 2. The Kier molecular flexibility index (Phi) is 6.75. The molecule has 0 N–H and O–H groups in total. The van der Waals surface area contributed by atoms with E-state index in [0.29, 0.717) is 30.3 Å². The van der Waals surface area contributed by atoms with Crippen molar-refractivity contribution in [2.75, 3.05) is 5.75 Å². The van der Waals surface area contributed by atoms with Crippen LogP contribution in [-0.4, -0.2) is 21.2 Å². The number of alkyl halides is 3. The van der Waals surface area contributed by atoms with Crippen molar-refractivity contribution in [3.8, 4) is 17.2 Å². The van der Waals surface area contributed by atoms with E-state index in [9.17, 15) is 27.6 Å². The number of hydrogen-bond donors (Lipinski definition) is 0. The molecule has 0 spiro atoms. The first kappa shape index (κ1) is 22.9. The lowest BCUT2D eigenvalue weighted by atomic mass is 10.2. The molecule has 2 aromatic carbocycles. The maximum absolute atomic E-state index is 13.1. The van der Waals surface area contributed by atoms with Crippen LogP contribution in [0.4, 0.5) is 13.2 Å². The predicted molar refractivity (Wildman–Crippen MR) is 113 cm³/mol. The van der Waals surface area contributed by atoms with Gasteiger partial charge in [-0.05, 0) is 40.2 Å².